The molecule has 1 aliphatic carbocycles. The standard InChI is InChI=1S/C18H23N3O3/c1-23-12-4-11-21(13-14-7-9-19-10-8-14)18(22)17-15-5-2-3-6-16(15)24-20-17/h7-10H,2-6,11-13H2,1H3. The SMILES string of the molecule is COCCCN(Cc1ccncc1)C(=O)c1noc2c1CCCC2. The maximum absolute atomic E-state index is 13.0. The van der Waals surface area contributed by atoms with Gasteiger partial charge in [0, 0.05) is 51.2 Å². The minimum absolute atomic E-state index is 0.0604. The van der Waals surface area contributed by atoms with E-state index in [1.54, 1.807) is 19.5 Å². The molecule has 6 heteroatoms. The zero-order valence-corrected chi connectivity index (χ0v) is 14.0. The summed E-state index contributed by atoms with van der Waals surface area (Å²) in [6, 6.07) is 3.85. The Morgan fingerprint density at radius 2 is 2.08 bits per heavy atom. The van der Waals surface area contributed by atoms with Crippen LogP contribution in [-0.2, 0) is 24.1 Å². The summed E-state index contributed by atoms with van der Waals surface area (Å²) in [5.41, 5.74) is 2.53. The number of fused-ring (bicyclic) bond motifs is 1. The van der Waals surface area contributed by atoms with Crippen LogP contribution in [0.4, 0.5) is 0 Å². The molecule has 128 valence electrons. The van der Waals surface area contributed by atoms with Crippen LogP contribution in [-0.4, -0.2) is 41.2 Å². The van der Waals surface area contributed by atoms with Crippen LogP contribution >= 0.6 is 0 Å². The molecule has 6 nitrogen and oxygen atoms in total. The van der Waals surface area contributed by atoms with Gasteiger partial charge in [0.15, 0.2) is 5.69 Å². The Morgan fingerprint density at radius 3 is 2.88 bits per heavy atom. The molecule has 0 N–H and O–H groups in total. The van der Waals surface area contributed by atoms with Gasteiger partial charge in [-0.2, -0.15) is 0 Å². The van der Waals surface area contributed by atoms with Gasteiger partial charge >= 0.3 is 0 Å². The lowest BCUT2D eigenvalue weighted by Gasteiger charge is -2.22. The quantitative estimate of drug-likeness (QED) is 0.731. The van der Waals surface area contributed by atoms with Crippen LogP contribution < -0.4 is 0 Å². The first-order chi connectivity index (χ1) is 11.8. The zero-order chi connectivity index (χ0) is 16.8. The molecular weight excluding hydrogens is 306 g/mol. The second-order valence-electron chi connectivity index (χ2n) is 6.07. The number of pyridine rings is 1. The van der Waals surface area contributed by atoms with Crippen molar-refractivity contribution in [2.45, 2.75) is 38.6 Å². The normalized spacial score (nSPS) is 13.5. The highest BCUT2D eigenvalue weighted by Gasteiger charge is 2.27. The van der Waals surface area contributed by atoms with Crippen molar-refractivity contribution in [2.75, 3.05) is 20.3 Å². The second-order valence-corrected chi connectivity index (χ2v) is 6.07. The molecule has 0 saturated heterocycles. The summed E-state index contributed by atoms with van der Waals surface area (Å²) in [7, 11) is 1.67. The summed E-state index contributed by atoms with van der Waals surface area (Å²) in [6.07, 6.45) is 8.21. The third-order valence-electron chi connectivity index (χ3n) is 4.34. The number of carbonyl (C=O) groups excluding carboxylic acids is 1. The molecule has 0 aromatic carbocycles. The fourth-order valence-corrected chi connectivity index (χ4v) is 3.06. The van der Waals surface area contributed by atoms with Gasteiger partial charge in [-0.1, -0.05) is 5.16 Å². The molecular formula is C18H23N3O3. The van der Waals surface area contributed by atoms with Crippen molar-refractivity contribution in [2.24, 2.45) is 0 Å². The van der Waals surface area contributed by atoms with Crippen LogP contribution in [0.15, 0.2) is 29.0 Å². The van der Waals surface area contributed by atoms with E-state index in [0.717, 1.165) is 49.0 Å². The molecule has 0 saturated carbocycles. The Balaban J connectivity index is 1.78. The van der Waals surface area contributed by atoms with Crippen molar-refractivity contribution in [3.8, 4) is 0 Å². The van der Waals surface area contributed by atoms with E-state index in [0.29, 0.717) is 25.4 Å². The van der Waals surface area contributed by atoms with Crippen LogP contribution in [0.25, 0.3) is 0 Å². The van der Waals surface area contributed by atoms with E-state index in [-0.39, 0.29) is 5.91 Å². The van der Waals surface area contributed by atoms with Crippen molar-refractivity contribution in [1.29, 1.82) is 0 Å². The number of hydrogen-bond donors (Lipinski definition) is 0. The molecule has 3 rings (SSSR count). The third-order valence-corrected chi connectivity index (χ3v) is 4.34. The van der Waals surface area contributed by atoms with E-state index in [1.807, 2.05) is 17.0 Å². The average Bonchev–Trinajstić information content (AvgIpc) is 3.05. The molecule has 0 fully saturated rings. The molecule has 0 radical (unpaired) electrons. The lowest BCUT2D eigenvalue weighted by molar-refractivity contribution is 0.0712. The lowest BCUT2D eigenvalue weighted by Crippen LogP contribution is -2.33. The minimum atomic E-state index is -0.0604. The highest BCUT2D eigenvalue weighted by atomic mass is 16.5. The van der Waals surface area contributed by atoms with E-state index in [9.17, 15) is 4.79 Å². The Labute approximate surface area is 141 Å². The predicted molar refractivity (Wildman–Crippen MR) is 88.6 cm³/mol. The number of amides is 1. The van der Waals surface area contributed by atoms with Crippen molar-refractivity contribution >= 4 is 5.91 Å². The smallest absolute Gasteiger partial charge is 0.276 e. The van der Waals surface area contributed by atoms with Gasteiger partial charge in [0.2, 0.25) is 0 Å². The number of aryl methyl sites for hydroxylation is 1. The number of hydrogen-bond acceptors (Lipinski definition) is 5. The topological polar surface area (TPSA) is 68.5 Å². The van der Waals surface area contributed by atoms with Gasteiger partial charge in [0.1, 0.15) is 5.76 Å². The van der Waals surface area contributed by atoms with Gasteiger partial charge in [0.05, 0.1) is 0 Å². The average molecular weight is 329 g/mol. The van der Waals surface area contributed by atoms with E-state index in [1.165, 1.54) is 0 Å². The first-order valence-corrected chi connectivity index (χ1v) is 8.44. The molecule has 0 spiro atoms. The zero-order valence-electron chi connectivity index (χ0n) is 14.0. The van der Waals surface area contributed by atoms with Gasteiger partial charge in [0.25, 0.3) is 5.91 Å². The molecule has 1 amide bonds. The van der Waals surface area contributed by atoms with E-state index < -0.39 is 0 Å². The fraction of sp³-hybridized carbons (Fsp3) is 0.500. The number of aromatic nitrogens is 2. The maximum Gasteiger partial charge on any atom is 0.276 e. The van der Waals surface area contributed by atoms with Crippen molar-refractivity contribution in [3.05, 3.63) is 47.1 Å². The van der Waals surface area contributed by atoms with Gasteiger partial charge in [-0.05, 0) is 43.4 Å². The molecule has 2 aromatic rings. The lowest BCUT2D eigenvalue weighted by atomic mass is 9.96. The summed E-state index contributed by atoms with van der Waals surface area (Å²) < 4.78 is 10.5. The molecule has 1 aliphatic rings. The summed E-state index contributed by atoms with van der Waals surface area (Å²) in [6.45, 7) is 1.78. The number of nitrogens with zero attached hydrogens (tertiary/aromatic N) is 3. The van der Waals surface area contributed by atoms with Crippen LogP contribution in [0.5, 0.6) is 0 Å². The minimum Gasteiger partial charge on any atom is -0.385 e. The van der Waals surface area contributed by atoms with Gasteiger partial charge in [-0.25, -0.2) is 0 Å². The molecule has 0 bridgehead atoms. The van der Waals surface area contributed by atoms with Crippen molar-refractivity contribution in [3.63, 3.8) is 0 Å². The highest BCUT2D eigenvalue weighted by Crippen LogP contribution is 2.25. The first-order valence-electron chi connectivity index (χ1n) is 8.44. The first kappa shape index (κ1) is 16.6. The molecule has 0 unspecified atom stereocenters. The molecule has 0 aliphatic heterocycles. The van der Waals surface area contributed by atoms with Gasteiger partial charge in [-0.15, -0.1) is 0 Å². The Bertz CT molecular complexity index is 669. The summed E-state index contributed by atoms with van der Waals surface area (Å²) in [5.74, 6) is 0.820. The molecule has 24 heavy (non-hydrogen) atoms. The summed E-state index contributed by atoms with van der Waals surface area (Å²) >= 11 is 0. The monoisotopic (exact) mass is 329 g/mol. The van der Waals surface area contributed by atoms with Crippen LogP contribution in [0.1, 0.15) is 46.6 Å². The maximum atomic E-state index is 13.0. The predicted octanol–water partition coefficient (Wildman–Crippen LogP) is 2.63. The third kappa shape index (κ3) is 3.82. The number of ether oxygens (including phenoxy) is 1. The van der Waals surface area contributed by atoms with Crippen LogP contribution in [0.3, 0.4) is 0 Å². The van der Waals surface area contributed by atoms with Crippen molar-refractivity contribution < 1.29 is 14.1 Å². The largest absolute Gasteiger partial charge is 0.385 e. The van der Waals surface area contributed by atoms with E-state index in [2.05, 4.69) is 10.1 Å². The molecule has 2 aromatic heterocycles. The van der Waals surface area contributed by atoms with E-state index >= 15 is 0 Å². The number of methoxy groups -OCH3 is 1. The van der Waals surface area contributed by atoms with Crippen LogP contribution in [0.2, 0.25) is 0 Å². The summed E-state index contributed by atoms with van der Waals surface area (Å²) in [4.78, 5) is 18.9. The number of rotatable bonds is 7. The van der Waals surface area contributed by atoms with E-state index in [4.69, 9.17) is 9.26 Å². The second kappa shape index (κ2) is 8.06. The number of carbonyl (C=O) groups is 1. The fourth-order valence-electron chi connectivity index (χ4n) is 3.06. The Morgan fingerprint density at radius 1 is 1.29 bits per heavy atom. The van der Waals surface area contributed by atoms with Gasteiger partial charge < -0.3 is 14.2 Å². The Hall–Kier alpha value is -2.21. The molecule has 2 heterocycles. The van der Waals surface area contributed by atoms with Crippen molar-refractivity contribution in [1.82, 2.24) is 15.0 Å². The summed E-state index contributed by atoms with van der Waals surface area (Å²) in [5, 5.41) is 4.08. The Kier molecular flexibility index (Phi) is 5.59. The van der Waals surface area contributed by atoms with Crippen LogP contribution in [0, 0.1) is 0 Å². The molecule has 0 atom stereocenters. The van der Waals surface area contributed by atoms with Gasteiger partial charge in [-0.3, -0.25) is 9.78 Å². The highest BCUT2D eigenvalue weighted by molar-refractivity contribution is 5.93.